The summed E-state index contributed by atoms with van der Waals surface area (Å²) in [6.07, 6.45) is 7.34. The molecular formula is C26H32ClN5O3. The number of nitrogens with one attached hydrogen (secondary N) is 1. The van der Waals surface area contributed by atoms with E-state index in [0.717, 1.165) is 49.0 Å². The molecule has 1 fully saturated rings. The van der Waals surface area contributed by atoms with Gasteiger partial charge in [-0.05, 0) is 49.6 Å². The van der Waals surface area contributed by atoms with E-state index in [1.54, 1.807) is 30.3 Å². The van der Waals surface area contributed by atoms with E-state index < -0.39 is 0 Å². The van der Waals surface area contributed by atoms with Gasteiger partial charge in [-0.3, -0.25) is 19.5 Å². The topological polar surface area (TPSA) is 89.3 Å². The fourth-order valence-electron chi connectivity index (χ4n) is 4.63. The fourth-order valence-corrected chi connectivity index (χ4v) is 4.76. The molecule has 0 unspecified atom stereocenters. The highest BCUT2D eigenvalue weighted by molar-refractivity contribution is 6.30. The van der Waals surface area contributed by atoms with Gasteiger partial charge in [0.2, 0.25) is 5.91 Å². The van der Waals surface area contributed by atoms with Gasteiger partial charge in [0.1, 0.15) is 0 Å². The third-order valence-corrected chi connectivity index (χ3v) is 6.74. The highest BCUT2D eigenvalue weighted by atomic mass is 35.5. The van der Waals surface area contributed by atoms with E-state index >= 15 is 0 Å². The Kier molecular flexibility index (Phi) is 8.84. The normalized spacial score (nSPS) is 16.1. The fraction of sp³-hybridized carbons (Fsp3) is 0.462. The van der Waals surface area contributed by atoms with Gasteiger partial charge in [0.15, 0.2) is 0 Å². The van der Waals surface area contributed by atoms with Crippen LogP contribution >= 0.6 is 11.6 Å². The van der Waals surface area contributed by atoms with Crippen molar-refractivity contribution in [2.45, 2.75) is 44.7 Å². The molecule has 1 amide bonds. The van der Waals surface area contributed by atoms with Gasteiger partial charge in [0.05, 0.1) is 24.2 Å². The summed E-state index contributed by atoms with van der Waals surface area (Å²) in [5.41, 5.74) is 1.82. The molecule has 1 aromatic carbocycles. The molecule has 1 atom stereocenters. The maximum Gasteiger partial charge on any atom is 0.274 e. The zero-order valence-corrected chi connectivity index (χ0v) is 20.8. The standard InChI is InChI=1S/C26H32ClN5O3/c1-35-15-10-25(33)29-11-3-14-31-13-2-4-21(31)18-32-26(34)22-9-12-28-17-23(22)24(30-32)16-19-5-7-20(27)8-6-19/h5-9,12,17,21H,2-4,10-11,13-16,18H2,1H3,(H,29,33)/t21-/m1/s1. The van der Waals surface area contributed by atoms with Gasteiger partial charge in [0.25, 0.3) is 5.56 Å². The van der Waals surface area contributed by atoms with Crippen LogP contribution in [0.2, 0.25) is 5.02 Å². The van der Waals surface area contributed by atoms with Crippen molar-refractivity contribution in [2.24, 2.45) is 0 Å². The molecule has 1 saturated heterocycles. The van der Waals surface area contributed by atoms with Crippen molar-refractivity contribution in [1.29, 1.82) is 0 Å². The predicted molar refractivity (Wildman–Crippen MR) is 137 cm³/mol. The molecule has 35 heavy (non-hydrogen) atoms. The lowest BCUT2D eigenvalue weighted by molar-refractivity contribution is -0.121. The van der Waals surface area contributed by atoms with E-state index in [2.05, 4.69) is 15.2 Å². The number of hydrogen-bond donors (Lipinski definition) is 1. The van der Waals surface area contributed by atoms with Crippen LogP contribution in [0.5, 0.6) is 0 Å². The van der Waals surface area contributed by atoms with Crippen LogP contribution in [0.15, 0.2) is 47.5 Å². The van der Waals surface area contributed by atoms with Crippen molar-refractivity contribution in [3.8, 4) is 0 Å². The van der Waals surface area contributed by atoms with Gasteiger partial charge < -0.3 is 10.1 Å². The van der Waals surface area contributed by atoms with Crippen LogP contribution in [-0.4, -0.2) is 65.0 Å². The van der Waals surface area contributed by atoms with Crippen molar-refractivity contribution in [1.82, 2.24) is 25.0 Å². The van der Waals surface area contributed by atoms with Gasteiger partial charge in [0, 0.05) is 61.9 Å². The average Bonchev–Trinajstić information content (AvgIpc) is 3.31. The minimum absolute atomic E-state index is 0.0134. The predicted octanol–water partition coefficient (Wildman–Crippen LogP) is 3.04. The smallest absolute Gasteiger partial charge is 0.274 e. The number of aromatic nitrogens is 3. The minimum Gasteiger partial charge on any atom is -0.384 e. The lowest BCUT2D eigenvalue weighted by atomic mass is 10.1. The molecule has 186 valence electrons. The van der Waals surface area contributed by atoms with Gasteiger partial charge in [-0.15, -0.1) is 0 Å². The summed E-state index contributed by atoms with van der Waals surface area (Å²) in [5.74, 6) is 0.0134. The Bertz CT molecular complexity index is 1200. The number of amides is 1. The van der Waals surface area contributed by atoms with Crippen molar-refractivity contribution in [3.05, 3.63) is 69.4 Å². The summed E-state index contributed by atoms with van der Waals surface area (Å²) in [6.45, 7) is 3.48. The molecule has 1 aliphatic rings. The molecule has 9 heteroatoms. The summed E-state index contributed by atoms with van der Waals surface area (Å²) in [7, 11) is 1.59. The first-order valence-corrected chi connectivity index (χ1v) is 12.5. The van der Waals surface area contributed by atoms with Crippen LogP contribution in [0.1, 0.15) is 36.9 Å². The van der Waals surface area contributed by atoms with E-state index in [1.165, 1.54) is 0 Å². The molecule has 1 aliphatic heterocycles. The second kappa shape index (κ2) is 12.2. The molecule has 8 nitrogen and oxygen atoms in total. The Morgan fingerprint density at radius 2 is 2.06 bits per heavy atom. The number of halogens is 1. The van der Waals surface area contributed by atoms with E-state index in [1.807, 2.05) is 24.3 Å². The number of ether oxygens (including phenoxy) is 1. The van der Waals surface area contributed by atoms with Crippen molar-refractivity contribution >= 4 is 28.3 Å². The quantitative estimate of drug-likeness (QED) is 0.409. The van der Waals surface area contributed by atoms with Crippen molar-refractivity contribution < 1.29 is 9.53 Å². The number of rotatable bonds is 11. The Balaban J connectivity index is 1.46. The first-order valence-electron chi connectivity index (χ1n) is 12.1. The number of methoxy groups -OCH3 is 1. The molecule has 3 aromatic rings. The number of fused-ring (bicyclic) bond motifs is 1. The lowest BCUT2D eigenvalue weighted by Crippen LogP contribution is -2.39. The maximum absolute atomic E-state index is 13.3. The largest absolute Gasteiger partial charge is 0.384 e. The van der Waals surface area contributed by atoms with Crippen LogP contribution in [0.25, 0.3) is 10.8 Å². The van der Waals surface area contributed by atoms with E-state index in [-0.39, 0.29) is 17.5 Å². The van der Waals surface area contributed by atoms with Crippen LogP contribution < -0.4 is 10.9 Å². The summed E-state index contributed by atoms with van der Waals surface area (Å²) in [6, 6.07) is 9.71. The number of carbonyl (C=O) groups excluding carboxylic acids is 1. The number of hydrogen-bond acceptors (Lipinski definition) is 6. The third-order valence-electron chi connectivity index (χ3n) is 6.48. The number of nitrogens with zero attached hydrogens (tertiary/aromatic N) is 4. The average molecular weight is 498 g/mol. The van der Waals surface area contributed by atoms with Crippen LogP contribution in [0, 0.1) is 0 Å². The Morgan fingerprint density at radius 3 is 2.86 bits per heavy atom. The number of benzene rings is 1. The first-order chi connectivity index (χ1) is 17.0. The minimum atomic E-state index is -0.0838. The Labute approximate surface area is 210 Å². The molecule has 0 bridgehead atoms. The van der Waals surface area contributed by atoms with E-state index in [9.17, 15) is 9.59 Å². The second-order valence-corrected chi connectivity index (χ2v) is 9.37. The van der Waals surface area contributed by atoms with Gasteiger partial charge in [-0.1, -0.05) is 23.7 Å². The van der Waals surface area contributed by atoms with Crippen LogP contribution in [0.4, 0.5) is 0 Å². The molecule has 0 spiro atoms. The molecule has 3 heterocycles. The second-order valence-electron chi connectivity index (χ2n) is 8.94. The Morgan fingerprint density at radius 1 is 1.23 bits per heavy atom. The van der Waals surface area contributed by atoms with Gasteiger partial charge in [-0.25, -0.2) is 4.68 Å². The summed E-state index contributed by atoms with van der Waals surface area (Å²) in [4.78, 5) is 31.7. The molecule has 2 aromatic heterocycles. The summed E-state index contributed by atoms with van der Waals surface area (Å²) in [5, 5.41) is 9.86. The molecule has 0 saturated carbocycles. The van der Waals surface area contributed by atoms with Crippen LogP contribution in [-0.2, 0) is 22.5 Å². The molecule has 0 radical (unpaired) electrons. The van der Waals surface area contributed by atoms with E-state index in [0.29, 0.717) is 42.9 Å². The monoisotopic (exact) mass is 497 g/mol. The van der Waals surface area contributed by atoms with Crippen LogP contribution in [0.3, 0.4) is 0 Å². The van der Waals surface area contributed by atoms with Crippen molar-refractivity contribution in [2.75, 3.05) is 33.4 Å². The molecule has 0 aliphatic carbocycles. The zero-order valence-electron chi connectivity index (χ0n) is 20.1. The molecule has 1 N–H and O–H groups in total. The zero-order chi connectivity index (χ0) is 24.6. The highest BCUT2D eigenvalue weighted by Crippen LogP contribution is 2.21. The van der Waals surface area contributed by atoms with E-state index in [4.69, 9.17) is 21.4 Å². The van der Waals surface area contributed by atoms with Gasteiger partial charge in [-0.2, -0.15) is 5.10 Å². The summed E-state index contributed by atoms with van der Waals surface area (Å²) >= 11 is 6.04. The van der Waals surface area contributed by atoms with Gasteiger partial charge >= 0.3 is 0 Å². The number of carbonyl (C=O) groups is 1. The maximum atomic E-state index is 13.3. The third kappa shape index (κ3) is 6.66. The lowest BCUT2D eigenvalue weighted by Gasteiger charge is -2.25. The van der Waals surface area contributed by atoms with Crippen molar-refractivity contribution in [3.63, 3.8) is 0 Å². The summed E-state index contributed by atoms with van der Waals surface area (Å²) < 4.78 is 6.57. The number of pyridine rings is 1. The first kappa shape index (κ1) is 25.3. The Hall–Kier alpha value is -2.81. The number of likely N-dealkylation sites (tertiary alicyclic amines) is 1. The molecule has 4 rings (SSSR count). The highest BCUT2D eigenvalue weighted by Gasteiger charge is 2.25. The SMILES string of the molecule is COCCC(=O)NCCCN1CCC[C@@H]1Cn1nc(Cc2ccc(Cl)cc2)c2cnccc2c1=O. The molecular weight excluding hydrogens is 466 g/mol.